The van der Waals surface area contributed by atoms with E-state index in [1.807, 2.05) is 35.2 Å². The van der Waals surface area contributed by atoms with Gasteiger partial charge in [-0.05, 0) is 42.5 Å². The molecule has 0 aliphatic carbocycles. The minimum atomic E-state index is -0.938. The number of imidazole rings is 1. The molecule has 2 amide bonds. The van der Waals surface area contributed by atoms with Crippen LogP contribution in [0.1, 0.15) is 16.4 Å². The molecular weight excluding hydrogens is 484 g/mol. The summed E-state index contributed by atoms with van der Waals surface area (Å²) in [6, 6.07) is 16.7. The summed E-state index contributed by atoms with van der Waals surface area (Å²) in [6.45, 7) is 0.0867. The summed E-state index contributed by atoms with van der Waals surface area (Å²) in [7, 11) is 1.70. The monoisotopic (exact) mass is 508 g/mol. The molecule has 1 atom stereocenters. The largest absolute Gasteiger partial charge is 0.368 e. The Labute approximate surface area is 217 Å². The predicted molar refractivity (Wildman–Crippen MR) is 143 cm³/mol. The van der Waals surface area contributed by atoms with E-state index in [0.29, 0.717) is 34.4 Å². The van der Waals surface area contributed by atoms with Crippen LogP contribution in [0.5, 0.6) is 0 Å². The van der Waals surface area contributed by atoms with E-state index in [4.69, 9.17) is 16.5 Å². The molecule has 5 N–H and O–H groups in total. The number of anilines is 3. The Bertz CT molecular complexity index is 1570. The molecular formula is C26H24N10O2. The van der Waals surface area contributed by atoms with Gasteiger partial charge >= 0.3 is 0 Å². The number of nitrogens with two attached hydrogens (primary N) is 2. The van der Waals surface area contributed by atoms with Gasteiger partial charge in [0.1, 0.15) is 11.7 Å². The van der Waals surface area contributed by atoms with Crippen LogP contribution in [-0.2, 0) is 4.79 Å². The van der Waals surface area contributed by atoms with Crippen molar-refractivity contribution >= 4 is 40.4 Å². The molecule has 0 saturated carbocycles. The first-order valence-electron chi connectivity index (χ1n) is 11.7. The van der Waals surface area contributed by atoms with E-state index in [1.165, 1.54) is 0 Å². The number of carbonyl (C=O) groups is 2. The molecule has 2 aromatic carbocycles. The SMILES string of the molecule is CNc1nccc(-c2nc3cc(C(N)=O)ccc3n2C(CN(c2ccccc2)c2ncccn2)C(N)=O)n1. The molecule has 5 aromatic rings. The topological polar surface area (TPSA) is 171 Å². The number of benzene rings is 2. The van der Waals surface area contributed by atoms with Gasteiger partial charge in [0.25, 0.3) is 0 Å². The van der Waals surface area contributed by atoms with Crippen molar-refractivity contribution in [3.05, 3.63) is 84.8 Å². The molecule has 0 aliphatic heterocycles. The zero-order chi connectivity index (χ0) is 26.6. The Kier molecular flexibility index (Phi) is 6.59. The first kappa shape index (κ1) is 24.3. The fraction of sp³-hybridized carbons (Fsp3) is 0.115. The summed E-state index contributed by atoms with van der Waals surface area (Å²) in [5.74, 6) is -0.0642. The van der Waals surface area contributed by atoms with Crippen molar-refractivity contribution in [3.8, 4) is 11.5 Å². The summed E-state index contributed by atoms with van der Waals surface area (Å²) in [6.07, 6.45) is 4.84. The molecule has 38 heavy (non-hydrogen) atoms. The van der Waals surface area contributed by atoms with E-state index in [-0.39, 0.29) is 12.1 Å². The second-order valence-corrected chi connectivity index (χ2v) is 8.30. The number of fused-ring (bicyclic) bond motifs is 1. The molecule has 12 heteroatoms. The Balaban J connectivity index is 1.71. The fourth-order valence-electron chi connectivity index (χ4n) is 4.16. The number of carbonyl (C=O) groups excluding carboxylic acids is 2. The lowest BCUT2D eigenvalue weighted by Crippen LogP contribution is -2.37. The molecule has 1 unspecified atom stereocenters. The number of aromatic nitrogens is 6. The summed E-state index contributed by atoms with van der Waals surface area (Å²) in [5.41, 5.74) is 14.1. The molecule has 3 heterocycles. The maximum Gasteiger partial charge on any atom is 0.248 e. The Morgan fingerprint density at radius 2 is 1.71 bits per heavy atom. The smallest absolute Gasteiger partial charge is 0.248 e. The number of nitrogens with one attached hydrogen (secondary N) is 1. The molecule has 0 spiro atoms. The molecule has 0 aliphatic rings. The van der Waals surface area contributed by atoms with Crippen LogP contribution >= 0.6 is 0 Å². The summed E-state index contributed by atoms with van der Waals surface area (Å²) in [4.78, 5) is 49.0. The molecule has 5 rings (SSSR count). The maximum absolute atomic E-state index is 13.1. The van der Waals surface area contributed by atoms with Crippen LogP contribution in [0.2, 0.25) is 0 Å². The van der Waals surface area contributed by atoms with Gasteiger partial charge in [-0.3, -0.25) is 9.59 Å². The van der Waals surface area contributed by atoms with E-state index in [0.717, 1.165) is 5.69 Å². The minimum absolute atomic E-state index is 0.0867. The minimum Gasteiger partial charge on any atom is -0.368 e. The third-order valence-corrected chi connectivity index (χ3v) is 5.94. The van der Waals surface area contributed by atoms with Gasteiger partial charge in [0.05, 0.1) is 17.6 Å². The molecule has 0 bridgehead atoms. The first-order chi connectivity index (χ1) is 18.5. The highest BCUT2D eigenvalue weighted by Gasteiger charge is 2.29. The number of amides is 2. The molecule has 3 aromatic heterocycles. The number of hydrogen-bond donors (Lipinski definition) is 3. The van der Waals surface area contributed by atoms with Crippen molar-refractivity contribution in [2.45, 2.75) is 6.04 Å². The van der Waals surface area contributed by atoms with Crippen LogP contribution in [0.15, 0.2) is 79.3 Å². The third-order valence-electron chi connectivity index (χ3n) is 5.94. The molecule has 12 nitrogen and oxygen atoms in total. The normalized spacial score (nSPS) is 11.7. The maximum atomic E-state index is 13.1. The quantitative estimate of drug-likeness (QED) is 0.270. The first-order valence-corrected chi connectivity index (χ1v) is 11.7. The van der Waals surface area contributed by atoms with Gasteiger partial charge in [-0.25, -0.2) is 24.9 Å². The highest BCUT2D eigenvalue weighted by molar-refractivity contribution is 5.97. The average molecular weight is 509 g/mol. The van der Waals surface area contributed by atoms with Gasteiger partial charge in [-0.2, -0.15) is 0 Å². The standard InChI is InChI=1S/C26H24N10O2/c1-29-25-30-13-10-18(34-25)24-33-19-14-16(22(27)37)8-9-20(19)36(24)21(23(28)38)15-35(17-6-3-2-4-7-17)26-31-11-5-12-32-26/h2-14,21H,15H2,1H3,(H2,27,37)(H2,28,38)(H,29,30,34). The van der Waals surface area contributed by atoms with Crippen LogP contribution in [0.3, 0.4) is 0 Å². The average Bonchev–Trinajstić information content (AvgIpc) is 3.33. The van der Waals surface area contributed by atoms with Gasteiger partial charge in [0.15, 0.2) is 5.82 Å². The third kappa shape index (κ3) is 4.69. The van der Waals surface area contributed by atoms with Crippen LogP contribution in [0.4, 0.5) is 17.6 Å². The van der Waals surface area contributed by atoms with Gasteiger partial charge < -0.3 is 26.3 Å². The van der Waals surface area contributed by atoms with E-state index < -0.39 is 17.9 Å². The lowest BCUT2D eigenvalue weighted by atomic mass is 10.1. The Morgan fingerprint density at radius 3 is 2.39 bits per heavy atom. The van der Waals surface area contributed by atoms with Crippen molar-refractivity contribution in [1.29, 1.82) is 0 Å². The van der Waals surface area contributed by atoms with Crippen LogP contribution < -0.4 is 21.7 Å². The van der Waals surface area contributed by atoms with E-state index in [9.17, 15) is 9.59 Å². The molecule has 0 radical (unpaired) electrons. The van der Waals surface area contributed by atoms with Crippen LogP contribution in [0, 0.1) is 0 Å². The number of rotatable bonds is 9. The van der Waals surface area contributed by atoms with Crippen molar-refractivity contribution < 1.29 is 9.59 Å². The molecule has 0 fully saturated rings. The zero-order valence-electron chi connectivity index (χ0n) is 20.4. The Hall–Kier alpha value is -5.39. The van der Waals surface area contributed by atoms with Gasteiger partial charge in [0, 0.05) is 36.9 Å². The van der Waals surface area contributed by atoms with Crippen molar-refractivity contribution in [1.82, 2.24) is 29.5 Å². The second-order valence-electron chi connectivity index (χ2n) is 8.30. The van der Waals surface area contributed by atoms with Crippen molar-refractivity contribution in [3.63, 3.8) is 0 Å². The highest BCUT2D eigenvalue weighted by atomic mass is 16.1. The summed E-state index contributed by atoms with van der Waals surface area (Å²) in [5, 5.41) is 2.90. The van der Waals surface area contributed by atoms with E-state index in [2.05, 4.69) is 25.3 Å². The molecule has 190 valence electrons. The van der Waals surface area contributed by atoms with Crippen molar-refractivity contribution in [2.24, 2.45) is 11.5 Å². The molecule has 0 saturated heterocycles. The predicted octanol–water partition coefficient (Wildman–Crippen LogP) is 2.29. The summed E-state index contributed by atoms with van der Waals surface area (Å²) < 4.78 is 1.71. The van der Waals surface area contributed by atoms with Gasteiger partial charge in [0.2, 0.25) is 23.7 Å². The van der Waals surface area contributed by atoms with E-state index in [1.54, 1.807) is 60.5 Å². The summed E-state index contributed by atoms with van der Waals surface area (Å²) >= 11 is 0. The zero-order valence-corrected chi connectivity index (χ0v) is 20.4. The van der Waals surface area contributed by atoms with Crippen LogP contribution in [0.25, 0.3) is 22.6 Å². The van der Waals surface area contributed by atoms with Crippen LogP contribution in [-0.4, -0.2) is 54.9 Å². The number of para-hydroxylation sites is 1. The number of hydrogen-bond acceptors (Lipinski definition) is 9. The fourth-order valence-corrected chi connectivity index (χ4v) is 4.16. The lowest BCUT2D eigenvalue weighted by molar-refractivity contribution is -0.120. The highest BCUT2D eigenvalue weighted by Crippen LogP contribution is 2.31. The van der Waals surface area contributed by atoms with Gasteiger partial charge in [-0.15, -0.1) is 0 Å². The second kappa shape index (κ2) is 10.3. The van der Waals surface area contributed by atoms with Gasteiger partial charge in [-0.1, -0.05) is 18.2 Å². The van der Waals surface area contributed by atoms with Crippen molar-refractivity contribution in [2.75, 3.05) is 23.8 Å². The number of nitrogens with zero attached hydrogens (tertiary/aromatic N) is 7. The number of primary amides is 2. The van der Waals surface area contributed by atoms with E-state index >= 15 is 0 Å². The lowest BCUT2D eigenvalue weighted by Gasteiger charge is -2.28. The Morgan fingerprint density at radius 1 is 0.947 bits per heavy atom.